The molecule has 0 aliphatic carbocycles. The van der Waals surface area contributed by atoms with Gasteiger partial charge in [0.1, 0.15) is 18.0 Å². The zero-order chi connectivity index (χ0) is 18.9. The molecule has 0 saturated heterocycles. The molecule has 3 rings (SSSR count). The van der Waals surface area contributed by atoms with Gasteiger partial charge in [-0.15, -0.1) is 0 Å². The maximum absolute atomic E-state index is 12.6. The number of aromatic nitrogens is 1. The summed E-state index contributed by atoms with van der Waals surface area (Å²) in [6.45, 7) is 5.16. The number of rotatable bonds is 3. The first kappa shape index (κ1) is 17.5. The van der Waals surface area contributed by atoms with Crippen LogP contribution in [0.25, 0.3) is 5.70 Å². The number of hydrogen-bond donors (Lipinski definition) is 0. The molecule has 0 N–H and O–H groups in total. The fourth-order valence-electron chi connectivity index (χ4n) is 2.80. The Morgan fingerprint density at radius 3 is 2.73 bits per heavy atom. The molecule has 1 aromatic heterocycles. The van der Waals surface area contributed by atoms with Crippen molar-refractivity contribution in [1.29, 1.82) is 5.26 Å². The summed E-state index contributed by atoms with van der Waals surface area (Å²) in [6, 6.07) is 10.4. The highest BCUT2D eigenvalue weighted by molar-refractivity contribution is 5.74. The fourth-order valence-corrected chi connectivity index (χ4v) is 2.80. The highest BCUT2D eigenvalue weighted by Gasteiger charge is 2.28. The van der Waals surface area contributed by atoms with Crippen LogP contribution in [-0.2, 0) is 16.1 Å². The first-order valence-electron chi connectivity index (χ1n) is 8.11. The number of benzene rings is 1. The fraction of sp³-hybridized carbons (Fsp3) is 0.250. The number of esters is 1. The van der Waals surface area contributed by atoms with Crippen molar-refractivity contribution in [2.24, 2.45) is 0 Å². The van der Waals surface area contributed by atoms with Crippen LogP contribution in [0, 0.1) is 11.3 Å². The predicted octanol–water partition coefficient (Wildman–Crippen LogP) is 2.84. The summed E-state index contributed by atoms with van der Waals surface area (Å²) in [5, 5.41) is 9.17. The zero-order valence-electron chi connectivity index (χ0n) is 14.8. The Morgan fingerprint density at radius 1 is 1.31 bits per heavy atom. The highest BCUT2D eigenvalue weighted by Crippen LogP contribution is 2.36. The van der Waals surface area contributed by atoms with E-state index < -0.39 is 11.6 Å². The summed E-state index contributed by atoms with van der Waals surface area (Å²) in [5.41, 5.74) is 1.56. The molecule has 0 saturated carbocycles. The van der Waals surface area contributed by atoms with Gasteiger partial charge in [0.2, 0.25) is 0 Å². The minimum Gasteiger partial charge on any atom is -0.483 e. The lowest BCUT2D eigenvalue weighted by atomic mass is 9.97. The smallest absolute Gasteiger partial charge is 0.302 e. The number of pyridine rings is 1. The molecule has 6 heteroatoms. The SMILES string of the molecule is CC(=O)OCc1ccn(C2=CC(C)(C)Oc3ccc(C#N)cc32)c(=O)c1. The summed E-state index contributed by atoms with van der Waals surface area (Å²) < 4.78 is 12.4. The lowest BCUT2D eigenvalue weighted by Gasteiger charge is -2.31. The zero-order valence-corrected chi connectivity index (χ0v) is 14.8. The molecule has 1 aliphatic heterocycles. The predicted molar refractivity (Wildman–Crippen MR) is 95.4 cm³/mol. The highest BCUT2D eigenvalue weighted by atomic mass is 16.5. The van der Waals surface area contributed by atoms with E-state index in [-0.39, 0.29) is 12.2 Å². The van der Waals surface area contributed by atoms with Gasteiger partial charge in [0.15, 0.2) is 0 Å². The third kappa shape index (κ3) is 3.52. The lowest BCUT2D eigenvalue weighted by Crippen LogP contribution is -2.32. The van der Waals surface area contributed by atoms with E-state index in [4.69, 9.17) is 9.47 Å². The van der Waals surface area contributed by atoms with Crippen molar-refractivity contribution < 1.29 is 14.3 Å². The number of nitriles is 1. The monoisotopic (exact) mass is 350 g/mol. The van der Waals surface area contributed by atoms with Crippen LogP contribution in [0.5, 0.6) is 5.75 Å². The molecule has 0 fully saturated rings. The molecule has 0 spiro atoms. The molecule has 1 aromatic carbocycles. The minimum absolute atomic E-state index is 0.0498. The van der Waals surface area contributed by atoms with Gasteiger partial charge in [0, 0.05) is 24.8 Å². The molecule has 26 heavy (non-hydrogen) atoms. The average Bonchev–Trinajstić information content (AvgIpc) is 2.58. The van der Waals surface area contributed by atoms with Crippen molar-refractivity contribution >= 4 is 11.7 Å². The Labute approximate surface area is 150 Å². The average molecular weight is 350 g/mol. The van der Waals surface area contributed by atoms with Crippen molar-refractivity contribution in [1.82, 2.24) is 4.57 Å². The number of carbonyl (C=O) groups is 1. The van der Waals surface area contributed by atoms with E-state index in [0.29, 0.717) is 28.1 Å². The van der Waals surface area contributed by atoms with Crippen LogP contribution in [0.15, 0.2) is 47.4 Å². The number of nitrogens with zero attached hydrogens (tertiary/aromatic N) is 2. The van der Waals surface area contributed by atoms with Crippen LogP contribution in [0.1, 0.15) is 37.5 Å². The van der Waals surface area contributed by atoms with Gasteiger partial charge in [-0.3, -0.25) is 14.2 Å². The van der Waals surface area contributed by atoms with E-state index in [9.17, 15) is 14.9 Å². The molecule has 6 nitrogen and oxygen atoms in total. The summed E-state index contributed by atoms with van der Waals surface area (Å²) >= 11 is 0. The van der Waals surface area contributed by atoms with Crippen molar-refractivity contribution in [3.05, 3.63) is 69.6 Å². The Morgan fingerprint density at radius 2 is 2.08 bits per heavy atom. The maximum atomic E-state index is 12.6. The maximum Gasteiger partial charge on any atom is 0.302 e. The molecule has 1 aliphatic rings. The first-order chi connectivity index (χ1) is 12.3. The Balaban J connectivity index is 2.08. The van der Waals surface area contributed by atoms with Crippen LogP contribution in [0.4, 0.5) is 0 Å². The van der Waals surface area contributed by atoms with E-state index in [2.05, 4.69) is 6.07 Å². The summed E-state index contributed by atoms with van der Waals surface area (Å²) in [7, 11) is 0. The Bertz CT molecular complexity index is 1010. The van der Waals surface area contributed by atoms with E-state index >= 15 is 0 Å². The van der Waals surface area contributed by atoms with E-state index in [1.807, 2.05) is 19.9 Å². The minimum atomic E-state index is -0.605. The van der Waals surface area contributed by atoms with Gasteiger partial charge in [0.25, 0.3) is 5.56 Å². The lowest BCUT2D eigenvalue weighted by molar-refractivity contribution is -0.142. The van der Waals surface area contributed by atoms with Gasteiger partial charge in [-0.05, 0) is 49.8 Å². The standard InChI is InChI=1S/C20H18N2O4/c1-13(23)25-12-15-6-7-22(19(24)9-15)17-10-20(2,3)26-18-5-4-14(11-21)8-16(17)18/h4-10H,12H2,1-3H3. The van der Waals surface area contributed by atoms with E-state index in [1.54, 1.807) is 30.5 Å². The molecule has 0 bridgehead atoms. The van der Waals surface area contributed by atoms with Crippen molar-refractivity contribution in [3.63, 3.8) is 0 Å². The molecular weight excluding hydrogens is 332 g/mol. The number of hydrogen-bond acceptors (Lipinski definition) is 5. The summed E-state index contributed by atoms with van der Waals surface area (Å²) in [5.74, 6) is 0.211. The molecule has 0 unspecified atom stereocenters. The van der Waals surface area contributed by atoms with Gasteiger partial charge in [0.05, 0.1) is 17.3 Å². The van der Waals surface area contributed by atoms with Crippen LogP contribution in [0.2, 0.25) is 0 Å². The van der Waals surface area contributed by atoms with Crippen LogP contribution in [-0.4, -0.2) is 16.1 Å². The Hall–Kier alpha value is -3.33. The third-order valence-corrected chi connectivity index (χ3v) is 3.93. The first-order valence-corrected chi connectivity index (χ1v) is 8.11. The van der Waals surface area contributed by atoms with E-state index in [0.717, 1.165) is 0 Å². The largest absolute Gasteiger partial charge is 0.483 e. The van der Waals surface area contributed by atoms with Gasteiger partial charge in [-0.2, -0.15) is 5.26 Å². The number of fused-ring (bicyclic) bond motifs is 1. The quantitative estimate of drug-likeness (QED) is 0.795. The topological polar surface area (TPSA) is 81.3 Å². The van der Waals surface area contributed by atoms with Crippen molar-refractivity contribution in [3.8, 4) is 11.8 Å². The number of ether oxygens (including phenoxy) is 2. The van der Waals surface area contributed by atoms with Gasteiger partial charge < -0.3 is 9.47 Å². The van der Waals surface area contributed by atoms with E-state index in [1.165, 1.54) is 17.6 Å². The molecule has 0 radical (unpaired) electrons. The van der Waals surface area contributed by atoms with Gasteiger partial charge in [-0.25, -0.2) is 0 Å². The van der Waals surface area contributed by atoms with Gasteiger partial charge in [-0.1, -0.05) is 0 Å². The Kier molecular flexibility index (Phi) is 4.39. The number of carbonyl (C=O) groups excluding carboxylic acids is 1. The molecule has 0 atom stereocenters. The normalized spacial score (nSPS) is 14.5. The second kappa shape index (κ2) is 6.52. The summed E-state index contributed by atoms with van der Waals surface area (Å²) in [6.07, 6.45) is 3.49. The van der Waals surface area contributed by atoms with Crippen molar-refractivity contribution in [2.45, 2.75) is 33.0 Å². The van der Waals surface area contributed by atoms with Crippen LogP contribution < -0.4 is 10.3 Å². The summed E-state index contributed by atoms with van der Waals surface area (Å²) in [4.78, 5) is 23.6. The van der Waals surface area contributed by atoms with Gasteiger partial charge >= 0.3 is 5.97 Å². The molecule has 2 heterocycles. The molecule has 0 amide bonds. The molecule has 2 aromatic rings. The second-order valence-electron chi connectivity index (χ2n) is 6.58. The molecular formula is C20H18N2O4. The van der Waals surface area contributed by atoms with Crippen LogP contribution >= 0.6 is 0 Å². The second-order valence-corrected chi connectivity index (χ2v) is 6.58. The van der Waals surface area contributed by atoms with Crippen molar-refractivity contribution in [2.75, 3.05) is 0 Å². The molecule has 132 valence electrons. The van der Waals surface area contributed by atoms with Crippen LogP contribution in [0.3, 0.4) is 0 Å². The third-order valence-electron chi connectivity index (χ3n) is 3.93.